The fourth-order valence-corrected chi connectivity index (χ4v) is 5.69. The molecule has 0 heterocycles. The van der Waals surface area contributed by atoms with E-state index >= 15 is 0 Å². The maximum absolute atomic E-state index is 13.2. The van der Waals surface area contributed by atoms with Gasteiger partial charge in [0, 0.05) is 22.3 Å². The Morgan fingerprint density at radius 2 is 1.64 bits per heavy atom. The molecule has 0 aliphatic rings. The summed E-state index contributed by atoms with van der Waals surface area (Å²) in [6, 6.07) is 22.2. The number of nitrogens with one attached hydrogen (secondary N) is 1. The van der Waals surface area contributed by atoms with Crippen LogP contribution in [0.1, 0.15) is 12.0 Å². The topological polar surface area (TPSA) is 66.5 Å². The number of hydrogen-bond acceptors (Lipinski definition) is 4. The average Bonchev–Trinajstić information content (AvgIpc) is 2.81. The lowest BCUT2D eigenvalue weighted by molar-refractivity contribution is -0.119. The molecule has 9 heteroatoms. The number of carbonyl (C=O) groups excluding carboxylic acids is 1. The Bertz CT molecular complexity index is 1160. The van der Waals surface area contributed by atoms with Gasteiger partial charge in [-0.25, -0.2) is 8.42 Å². The number of nitrogens with zero attached hydrogens (tertiary/aromatic N) is 1. The lowest BCUT2D eigenvalue weighted by Crippen LogP contribution is -2.41. The SMILES string of the molecule is O=C(CN(c1cccc(Cl)c1)S(=O)(=O)c1ccccc1)NCCCSCc1ccc(Cl)cc1. The molecular formula is C24H24Cl2N2O3S2. The van der Waals surface area contributed by atoms with E-state index in [-0.39, 0.29) is 17.3 Å². The summed E-state index contributed by atoms with van der Waals surface area (Å²) in [4.78, 5) is 12.7. The molecule has 0 bridgehead atoms. The van der Waals surface area contributed by atoms with E-state index in [1.807, 2.05) is 24.3 Å². The molecule has 33 heavy (non-hydrogen) atoms. The first kappa shape index (κ1) is 25.4. The third-order valence-electron chi connectivity index (χ3n) is 4.68. The highest BCUT2D eigenvalue weighted by molar-refractivity contribution is 7.98. The van der Waals surface area contributed by atoms with Crippen LogP contribution in [-0.4, -0.2) is 33.2 Å². The molecule has 0 saturated heterocycles. The molecule has 5 nitrogen and oxygen atoms in total. The number of halogens is 2. The van der Waals surface area contributed by atoms with Gasteiger partial charge < -0.3 is 5.32 Å². The van der Waals surface area contributed by atoms with Crippen LogP contribution in [0.15, 0.2) is 83.8 Å². The molecule has 3 aromatic carbocycles. The first-order chi connectivity index (χ1) is 15.9. The van der Waals surface area contributed by atoms with Crippen LogP contribution < -0.4 is 9.62 Å². The van der Waals surface area contributed by atoms with Crippen LogP contribution in [-0.2, 0) is 20.6 Å². The number of hydrogen-bond donors (Lipinski definition) is 1. The van der Waals surface area contributed by atoms with Crippen molar-refractivity contribution in [2.75, 3.05) is 23.1 Å². The zero-order chi connectivity index (χ0) is 23.7. The fourth-order valence-electron chi connectivity index (χ4n) is 3.03. The molecule has 0 aliphatic carbocycles. The molecule has 0 atom stereocenters. The lowest BCUT2D eigenvalue weighted by Gasteiger charge is -2.24. The van der Waals surface area contributed by atoms with E-state index in [1.165, 1.54) is 23.8 Å². The summed E-state index contributed by atoms with van der Waals surface area (Å²) in [5.74, 6) is 1.35. The molecule has 3 aromatic rings. The summed E-state index contributed by atoms with van der Waals surface area (Å²) in [5, 5.41) is 3.92. The third-order valence-corrected chi connectivity index (χ3v) is 8.07. The van der Waals surface area contributed by atoms with Crippen LogP contribution in [0.2, 0.25) is 10.0 Å². The number of thioether (sulfide) groups is 1. The van der Waals surface area contributed by atoms with E-state index in [0.29, 0.717) is 22.3 Å². The summed E-state index contributed by atoms with van der Waals surface area (Å²) in [6.45, 7) is 0.122. The fraction of sp³-hybridized carbons (Fsp3) is 0.208. The van der Waals surface area contributed by atoms with Crippen LogP contribution in [0, 0.1) is 0 Å². The molecular weight excluding hydrogens is 499 g/mol. The second-order valence-electron chi connectivity index (χ2n) is 7.19. The van der Waals surface area contributed by atoms with Gasteiger partial charge in [-0.15, -0.1) is 0 Å². The second-order valence-corrected chi connectivity index (χ2v) is 11.0. The minimum Gasteiger partial charge on any atom is -0.354 e. The number of benzene rings is 3. The van der Waals surface area contributed by atoms with Crippen LogP contribution in [0.3, 0.4) is 0 Å². The van der Waals surface area contributed by atoms with Crippen molar-refractivity contribution in [2.24, 2.45) is 0 Å². The molecule has 0 fully saturated rings. The molecule has 3 rings (SSSR count). The lowest BCUT2D eigenvalue weighted by atomic mass is 10.2. The molecule has 174 valence electrons. The zero-order valence-electron chi connectivity index (χ0n) is 17.8. The Morgan fingerprint density at radius 1 is 0.909 bits per heavy atom. The monoisotopic (exact) mass is 522 g/mol. The van der Waals surface area contributed by atoms with Crippen LogP contribution in [0.5, 0.6) is 0 Å². The average molecular weight is 524 g/mol. The Hall–Kier alpha value is -2.19. The van der Waals surface area contributed by atoms with E-state index in [4.69, 9.17) is 23.2 Å². The number of anilines is 1. The number of carbonyl (C=O) groups is 1. The van der Waals surface area contributed by atoms with Crippen molar-refractivity contribution in [3.63, 3.8) is 0 Å². The van der Waals surface area contributed by atoms with Gasteiger partial charge in [-0.2, -0.15) is 11.8 Å². The van der Waals surface area contributed by atoms with Crippen molar-refractivity contribution in [3.8, 4) is 0 Å². The van der Waals surface area contributed by atoms with Gasteiger partial charge in [0.1, 0.15) is 6.54 Å². The molecule has 0 aromatic heterocycles. The molecule has 1 N–H and O–H groups in total. The van der Waals surface area contributed by atoms with Crippen molar-refractivity contribution in [2.45, 2.75) is 17.1 Å². The Kier molecular flexibility index (Phi) is 9.50. The van der Waals surface area contributed by atoms with E-state index < -0.39 is 10.0 Å². The summed E-state index contributed by atoms with van der Waals surface area (Å²) < 4.78 is 27.6. The largest absolute Gasteiger partial charge is 0.354 e. The summed E-state index contributed by atoms with van der Waals surface area (Å²) in [7, 11) is -3.94. The smallest absolute Gasteiger partial charge is 0.264 e. The summed E-state index contributed by atoms with van der Waals surface area (Å²) in [6.07, 6.45) is 0.770. The maximum Gasteiger partial charge on any atom is 0.264 e. The predicted octanol–water partition coefficient (Wildman–Crippen LogP) is 5.63. The van der Waals surface area contributed by atoms with Crippen LogP contribution in [0.4, 0.5) is 5.69 Å². The highest BCUT2D eigenvalue weighted by atomic mass is 35.5. The van der Waals surface area contributed by atoms with Crippen molar-refractivity contribution < 1.29 is 13.2 Å². The quantitative estimate of drug-likeness (QED) is 0.331. The normalized spacial score (nSPS) is 11.2. The highest BCUT2D eigenvalue weighted by Crippen LogP contribution is 2.26. The maximum atomic E-state index is 13.2. The van der Waals surface area contributed by atoms with E-state index in [2.05, 4.69) is 5.32 Å². The van der Waals surface area contributed by atoms with Gasteiger partial charge >= 0.3 is 0 Å². The first-order valence-electron chi connectivity index (χ1n) is 10.3. The minimum atomic E-state index is -3.94. The Labute approximate surface area is 209 Å². The van der Waals surface area contributed by atoms with Gasteiger partial charge in [0.05, 0.1) is 10.6 Å². The standard InChI is InChI=1S/C24H24Cl2N2O3S2/c25-20-12-10-19(11-13-20)18-32-15-5-14-27-24(29)17-28(22-7-4-6-21(26)16-22)33(30,31)23-8-2-1-3-9-23/h1-4,6-13,16H,5,14-15,17-18H2,(H,27,29). The molecule has 0 radical (unpaired) electrons. The van der Waals surface area contributed by atoms with E-state index in [1.54, 1.807) is 48.2 Å². The first-order valence-corrected chi connectivity index (χ1v) is 13.6. The van der Waals surface area contributed by atoms with Gasteiger partial charge in [0.15, 0.2) is 0 Å². The van der Waals surface area contributed by atoms with Gasteiger partial charge in [0.2, 0.25) is 5.91 Å². The molecule has 0 saturated carbocycles. The van der Waals surface area contributed by atoms with Crippen molar-refractivity contribution in [1.29, 1.82) is 0 Å². The summed E-state index contributed by atoms with van der Waals surface area (Å²) in [5.41, 5.74) is 1.52. The Balaban J connectivity index is 1.56. The van der Waals surface area contributed by atoms with Crippen molar-refractivity contribution in [3.05, 3.63) is 94.5 Å². The van der Waals surface area contributed by atoms with Gasteiger partial charge in [-0.3, -0.25) is 9.10 Å². The minimum absolute atomic E-state index is 0.108. The van der Waals surface area contributed by atoms with Gasteiger partial charge in [-0.1, -0.05) is 59.6 Å². The number of amides is 1. The molecule has 0 unspecified atom stereocenters. The summed E-state index contributed by atoms with van der Waals surface area (Å²) >= 11 is 13.7. The van der Waals surface area contributed by atoms with Crippen molar-refractivity contribution >= 4 is 56.6 Å². The Morgan fingerprint density at radius 3 is 2.33 bits per heavy atom. The zero-order valence-corrected chi connectivity index (χ0v) is 20.9. The van der Waals surface area contributed by atoms with Crippen LogP contribution >= 0.6 is 35.0 Å². The third kappa shape index (κ3) is 7.67. The predicted molar refractivity (Wildman–Crippen MR) is 138 cm³/mol. The van der Waals surface area contributed by atoms with E-state index in [9.17, 15) is 13.2 Å². The van der Waals surface area contributed by atoms with E-state index in [0.717, 1.165) is 22.2 Å². The number of rotatable bonds is 11. The number of sulfonamides is 1. The second kappa shape index (κ2) is 12.3. The molecule has 0 spiro atoms. The molecule has 1 amide bonds. The highest BCUT2D eigenvalue weighted by Gasteiger charge is 2.27. The molecule has 0 aliphatic heterocycles. The van der Waals surface area contributed by atoms with Crippen molar-refractivity contribution in [1.82, 2.24) is 5.32 Å². The van der Waals surface area contributed by atoms with Gasteiger partial charge in [-0.05, 0) is 60.2 Å². The van der Waals surface area contributed by atoms with Gasteiger partial charge in [0.25, 0.3) is 10.0 Å². The van der Waals surface area contributed by atoms with Crippen LogP contribution in [0.25, 0.3) is 0 Å².